The highest BCUT2D eigenvalue weighted by Gasteiger charge is 2.35. The summed E-state index contributed by atoms with van der Waals surface area (Å²) in [5.74, 6) is -1.50. The van der Waals surface area contributed by atoms with Crippen LogP contribution in [0.1, 0.15) is 22.7 Å². The Hall–Kier alpha value is -4.15. The van der Waals surface area contributed by atoms with Crippen LogP contribution in [-0.4, -0.2) is 65.1 Å². The molecule has 0 bridgehead atoms. The smallest absolute Gasteiger partial charge is 0.320 e. The molecule has 0 saturated carbocycles. The third kappa shape index (κ3) is 5.88. The number of likely N-dealkylation sites (tertiary alicyclic amines) is 1. The molecule has 1 aliphatic rings. The first-order chi connectivity index (χ1) is 19.3. The van der Waals surface area contributed by atoms with Gasteiger partial charge in [-0.25, -0.2) is 18.3 Å². The number of aryl methyl sites for hydroxylation is 1. The first-order valence-corrected chi connectivity index (χ1v) is 13.2. The number of aromatic nitrogens is 3. The third-order valence-electron chi connectivity index (χ3n) is 7.22. The van der Waals surface area contributed by atoms with Crippen LogP contribution in [0.25, 0.3) is 16.9 Å². The zero-order valence-corrected chi connectivity index (χ0v) is 22.7. The van der Waals surface area contributed by atoms with E-state index in [1.807, 2.05) is 56.3 Å². The van der Waals surface area contributed by atoms with Gasteiger partial charge in [0.25, 0.3) is 0 Å². The van der Waals surface area contributed by atoms with E-state index >= 15 is 0 Å². The maximum absolute atomic E-state index is 14.1. The van der Waals surface area contributed by atoms with E-state index in [0.717, 1.165) is 34.3 Å². The van der Waals surface area contributed by atoms with Gasteiger partial charge >= 0.3 is 6.03 Å². The quantitative estimate of drug-likeness (QED) is 0.323. The predicted octanol–water partition coefficient (Wildman–Crippen LogP) is 5.07. The zero-order chi connectivity index (χ0) is 28.2. The van der Waals surface area contributed by atoms with Crippen molar-refractivity contribution in [2.45, 2.75) is 25.8 Å². The largest absolute Gasteiger partial charge is 0.383 e. The summed E-state index contributed by atoms with van der Waals surface area (Å²) >= 11 is 0. The number of para-hydroxylation sites is 1. The predicted molar refractivity (Wildman–Crippen MR) is 150 cm³/mol. The van der Waals surface area contributed by atoms with Crippen LogP contribution in [0.3, 0.4) is 0 Å². The average molecular weight is 547 g/mol. The van der Waals surface area contributed by atoms with Gasteiger partial charge in [0.1, 0.15) is 5.82 Å². The van der Waals surface area contributed by atoms with E-state index in [4.69, 9.17) is 9.84 Å². The maximum Gasteiger partial charge on any atom is 0.320 e. The molecule has 5 rings (SSSR count). The Morgan fingerprint density at radius 1 is 1.05 bits per heavy atom. The Labute approximate surface area is 232 Å². The van der Waals surface area contributed by atoms with E-state index in [1.165, 1.54) is 6.07 Å². The molecule has 40 heavy (non-hydrogen) atoms. The second-order valence-electron chi connectivity index (χ2n) is 9.99. The number of hydrogen-bond acceptors (Lipinski definition) is 5. The van der Waals surface area contributed by atoms with Crippen LogP contribution < -0.4 is 10.6 Å². The summed E-state index contributed by atoms with van der Waals surface area (Å²) in [5, 5.41) is 10.9. The first kappa shape index (κ1) is 27.4. The van der Waals surface area contributed by atoms with Gasteiger partial charge < -0.3 is 10.1 Å². The molecule has 2 aromatic heterocycles. The van der Waals surface area contributed by atoms with E-state index in [0.29, 0.717) is 37.6 Å². The lowest BCUT2D eigenvalue weighted by atomic mass is 9.94. The lowest BCUT2D eigenvalue weighted by molar-refractivity contribution is 0.159. The summed E-state index contributed by atoms with van der Waals surface area (Å²) in [4.78, 5) is 19.9. The van der Waals surface area contributed by atoms with Gasteiger partial charge in [0.05, 0.1) is 24.0 Å². The number of methoxy groups -OCH3 is 1. The fourth-order valence-corrected chi connectivity index (χ4v) is 5.19. The van der Waals surface area contributed by atoms with E-state index < -0.39 is 17.7 Å². The molecule has 2 N–H and O–H groups in total. The van der Waals surface area contributed by atoms with Crippen molar-refractivity contribution >= 4 is 11.8 Å². The molecule has 2 amide bonds. The average Bonchev–Trinajstić information content (AvgIpc) is 3.50. The maximum atomic E-state index is 14.1. The molecule has 10 heteroatoms. The van der Waals surface area contributed by atoms with E-state index in [9.17, 15) is 13.6 Å². The number of benzene rings is 2. The van der Waals surface area contributed by atoms with Crippen LogP contribution in [-0.2, 0) is 4.74 Å². The summed E-state index contributed by atoms with van der Waals surface area (Å²) in [6, 6.07) is 16.6. The number of rotatable bonds is 8. The molecular weight excluding hydrogens is 514 g/mol. The summed E-state index contributed by atoms with van der Waals surface area (Å²) in [6.07, 6.45) is 1.74. The lowest BCUT2D eigenvalue weighted by Gasteiger charge is -2.21. The van der Waals surface area contributed by atoms with Gasteiger partial charge in [-0.3, -0.25) is 15.2 Å². The van der Waals surface area contributed by atoms with Crippen molar-refractivity contribution in [3.8, 4) is 16.9 Å². The van der Waals surface area contributed by atoms with Crippen LogP contribution in [0, 0.1) is 25.5 Å². The molecule has 0 radical (unpaired) electrons. The van der Waals surface area contributed by atoms with Crippen molar-refractivity contribution in [2.24, 2.45) is 0 Å². The molecule has 2 aromatic carbocycles. The monoisotopic (exact) mass is 546 g/mol. The molecule has 208 valence electrons. The fourth-order valence-electron chi connectivity index (χ4n) is 5.19. The van der Waals surface area contributed by atoms with Crippen molar-refractivity contribution in [1.29, 1.82) is 0 Å². The van der Waals surface area contributed by atoms with E-state index in [2.05, 4.69) is 20.5 Å². The van der Waals surface area contributed by atoms with Crippen LogP contribution >= 0.6 is 0 Å². The normalized spacial score (nSPS) is 17.2. The van der Waals surface area contributed by atoms with E-state index in [-0.39, 0.29) is 12.0 Å². The Morgan fingerprint density at radius 3 is 2.58 bits per heavy atom. The molecule has 1 fully saturated rings. The van der Waals surface area contributed by atoms with Gasteiger partial charge in [-0.2, -0.15) is 5.10 Å². The number of nitrogens with zero attached hydrogens (tertiary/aromatic N) is 4. The molecule has 1 saturated heterocycles. The van der Waals surface area contributed by atoms with Gasteiger partial charge in [0.2, 0.25) is 0 Å². The minimum atomic E-state index is -0.905. The van der Waals surface area contributed by atoms with E-state index in [1.54, 1.807) is 24.1 Å². The molecule has 4 aromatic rings. The van der Waals surface area contributed by atoms with Crippen molar-refractivity contribution in [1.82, 2.24) is 25.0 Å². The van der Waals surface area contributed by atoms with Gasteiger partial charge in [-0.1, -0.05) is 24.3 Å². The number of nitrogens with one attached hydrogen (secondary N) is 2. The highest BCUT2D eigenvalue weighted by molar-refractivity contribution is 5.91. The number of pyridine rings is 1. The van der Waals surface area contributed by atoms with Gasteiger partial charge in [0, 0.05) is 55.7 Å². The molecule has 0 aliphatic carbocycles. The van der Waals surface area contributed by atoms with Crippen molar-refractivity contribution in [2.75, 3.05) is 38.7 Å². The van der Waals surface area contributed by atoms with Crippen molar-refractivity contribution < 1.29 is 18.3 Å². The molecule has 0 spiro atoms. The lowest BCUT2D eigenvalue weighted by Crippen LogP contribution is -2.42. The topological polar surface area (TPSA) is 84.3 Å². The van der Waals surface area contributed by atoms with Crippen molar-refractivity contribution in [3.63, 3.8) is 0 Å². The Balaban J connectivity index is 1.43. The summed E-state index contributed by atoms with van der Waals surface area (Å²) in [5.41, 5.74) is 4.71. The van der Waals surface area contributed by atoms with Crippen LogP contribution in [0.15, 0.2) is 66.9 Å². The van der Waals surface area contributed by atoms with Gasteiger partial charge in [0.15, 0.2) is 11.6 Å². The number of halogens is 2. The van der Waals surface area contributed by atoms with Gasteiger partial charge in [-0.05, 0) is 55.8 Å². The van der Waals surface area contributed by atoms with Gasteiger partial charge in [-0.15, -0.1) is 0 Å². The third-order valence-corrected chi connectivity index (χ3v) is 7.22. The second-order valence-corrected chi connectivity index (χ2v) is 9.99. The Morgan fingerprint density at radius 2 is 1.85 bits per heavy atom. The molecule has 8 nitrogen and oxygen atoms in total. The SMILES string of the molecule is COCCN1C[C@@H](NC(=O)Nc2c(C)c(-c3ccnc(C)c3)nn2-c2ccccc2)[C@H](c2ccc(F)c(F)c2)C1. The highest BCUT2D eigenvalue weighted by Crippen LogP contribution is 2.32. The Bertz CT molecular complexity index is 1490. The summed E-state index contributed by atoms with van der Waals surface area (Å²) in [7, 11) is 1.63. The molecule has 0 unspecified atom stereocenters. The standard InChI is InChI=1S/C30H32F2N6O2/c1-19-15-22(11-12-33-19)28-20(2)29(38(36-28)23-7-5-4-6-8-23)35-30(39)34-27-18-37(13-14-40-3)17-24(27)21-9-10-25(31)26(32)16-21/h4-12,15-16,24,27H,13-14,17-18H2,1-3H3,(H2,34,35,39)/t24-,27+/m0/s1. The number of carbonyl (C=O) groups excluding carboxylic acids is 1. The van der Waals surface area contributed by atoms with Crippen molar-refractivity contribution in [3.05, 3.63) is 95.3 Å². The number of amides is 2. The number of hydrogen-bond donors (Lipinski definition) is 2. The molecule has 1 aliphatic heterocycles. The highest BCUT2D eigenvalue weighted by atomic mass is 19.2. The fraction of sp³-hybridized carbons (Fsp3) is 0.300. The molecular formula is C30H32F2N6O2. The molecule has 2 atom stereocenters. The Kier molecular flexibility index (Phi) is 8.18. The number of urea groups is 1. The zero-order valence-electron chi connectivity index (χ0n) is 22.7. The number of anilines is 1. The number of carbonyl (C=O) groups is 1. The van der Waals surface area contributed by atoms with Crippen LogP contribution in [0.4, 0.5) is 19.4 Å². The molecule has 3 heterocycles. The summed E-state index contributed by atoms with van der Waals surface area (Å²) in [6.45, 7) is 6.13. The van der Waals surface area contributed by atoms with Crippen LogP contribution in [0.2, 0.25) is 0 Å². The second kappa shape index (κ2) is 11.9. The minimum absolute atomic E-state index is 0.229. The van der Waals surface area contributed by atoms with Crippen LogP contribution in [0.5, 0.6) is 0 Å². The first-order valence-electron chi connectivity index (χ1n) is 13.2. The summed E-state index contributed by atoms with van der Waals surface area (Å²) < 4.78 is 34.7. The minimum Gasteiger partial charge on any atom is -0.383 e. The number of ether oxygens (including phenoxy) is 1.